The van der Waals surface area contributed by atoms with Crippen LogP contribution < -0.4 is 11.2 Å². The maximum atomic E-state index is 11.6. The van der Waals surface area contributed by atoms with Gasteiger partial charge in [0, 0.05) is 23.6 Å². The molecule has 0 radical (unpaired) electrons. The molecule has 0 unspecified atom stereocenters. The topological polar surface area (TPSA) is 153 Å². The number of aliphatic hydroxyl groups excluding tert-OH is 2. The summed E-state index contributed by atoms with van der Waals surface area (Å²) in [5.74, 6) is 0. The van der Waals surface area contributed by atoms with Gasteiger partial charge in [-0.15, -0.1) is 0 Å². The number of aromatic nitrogens is 2. The SMILES string of the molecule is [N-]=[N+]=N[C@]1(CO)O[C@@H](n2ccc(=O)[nH]c2=O)C[C@@H]1O. The van der Waals surface area contributed by atoms with Crippen LogP contribution in [0.15, 0.2) is 27.0 Å². The molecule has 10 heteroatoms. The van der Waals surface area contributed by atoms with E-state index in [1.54, 1.807) is 0 Å². The van der Waals surface area contributed by atoms with Crippen molar-refractivity contribution >= 4 is 0 Å². The third-order valence-electron chi connectivity index (χ3n) is 2.89. The number of ether oxygens (including phenoxy) is 1. The van der Waals surface area contributed by atoms with Crippen molar-refractivity contribution in [2.75, 3.05) is 6.61 Å². The second-order valence-electron chi connectivity index (χ2n) is 4.03. The van der Waals surface area contributed by atoms with Gasteiger partial charge < -0.3 is 14.9 Å². The van der Waals surface area contributed by atoms with E-state index in [-0.39, 0.29) is 6.42 Å². The van der Waals surface area contributed by atoms with Crippen molar-refractivity contribution in [3.8, 4) is 0 Å². The van der Waals surface area contributed by atoms with Crippen molar-refractivity contribution in [2.24, 2.45) is 5.11 Å². The van der Waals surface area contributed by atoms with Gasteiger partial charge in [0.05, 0.1) is 12.7 Å². The Hall–Kier alpha value is -2.13. The molecule has 0 aliphatic carbocycles. The fourth-order valence-corrected chi connectivity index (χ4v) is 1.90. The maximum absolute atomic E-state index is 11.6. The molecule has 1 aromatic rings. The van der Waals surface area contributed by atoms with Crippen LogP contribution in [0.1, 0.15) is 12.6 Å². The van der Waals surface area contributed by atoms with Gasteiger partial charge in [-0.1, -0.05) is 5.11 Å². The van der Waals surface area contributed by atoms with Crippen LogP contribution in [-0.2, 0) is 4.74 Å². The third-order valence-corrected chi connectivity index (χ3v) is 2.89. The first kappa shape index (κ1) is 13.3. The molecular formula is C9H11N5O5. The van der Waals surface area contributed by atoms with Crippen LogP contribution in [0.25, 0.3) is 10.4 Å². The van der Waals surface area contributed by atoms with E-state index in [1.807, 2.05) is 4.98 Å². The number of aliphatic hydroxyl groups is 2. The molecule has 3 atom stereocenters. The summed E-state index contributed by atoms with van der Waals surface area (Å²) in [5.41, 5.74) is 5.32. The summed E-state index contributed by atoms with van der Waals surface area (Å²) < 4.78 is 6.31. The number of H-pyrrole nitrogens is 1. The van der Waals surface area contributed by atoms with Gasteiger partial charge in [-0.2, -0.15) is 0 Å². The van der Waals surface area contributed by atoms with Crippen LogP contribution in [0, 0.1) is 0 Å². The highest BCUT2D eigenvalue weighted by Gasteiger charge is 2.48. The van der Waals surface area contributed by atoms with Gasteiger partial charge in [-0.3, -0.25) is 14.3 Å². The molecule has 3 N–H and O–H groups in total. The molecule has 2 heterocycles. The average molecular weight is 269 g/mol. The zero-order valence-electron chi connectivity index (χ0n) is 9.63. The molecule has 1 saturated heterocycles. The highest BCUT2D eigenvalue weighted by molar-refractivity contribution is 4.95. The van der Waals surface area contributed by atoms with Crippen molar-refractivity contribution in [3.63, 3.8) is 0 Å². The Morgan fingerprint density at radius 1 is 1.68 bits per heavy atom. The first-order chi connectivity index (χ1) is 9.02. The van der Waals surface area contributed by atoms with E-state index in [1.165, 1.54) is 6.20 Å². The van der Waals surface area contributed by atoms with Gasteiger partial charge in [0.2, 0.25) is 0 Å². The van der Waals surface area contributed by atoms with Crippen molar-refractivity contribution < 1.29 is 14.9 Å². The molecule has 0 aromatic carbocycles. The van der Waals surface area contributed by atoms with Crippen LogP contribution >= 0.6 is 0 Å². The van der Waals surface area contributed by atoms with E-state index in [4.69, 9.17) is 10.3 Å². The minimum absolute atomic E-state index is 0.0640. The summed E-state index contributed by atoms with van der Waals surface area (Å²) in [6.07, 6.45) is -1.08. The normalized spacial score (nSPS) is 30.0. The summed E-state index contributed by atoms with van der Waals surface area (Å²) in [7, 11) is 0. The van der Waals surface area contributed by atoms with Crippen molar-refractivity contribution in [2.45, 2.75) is 24.5 Å². The number of rotatable bonds is 3. The smallest absolute Gasteiger partial charge is 0.330 e. The molecule has 102 valence electrons. The van der Waals surface area contributed by atoms with Gasteiger partial charge in [-0.25, -0.2) is 4.79 Å². The van der Waals surface area contributed by atoms with Crippen LogP contribution in [0.2, 0.25) is 0 Å². The molecule has 1 aliphatic rings. The van der Waals surface area contributed by atoms with Gasteiger partial charge in [0.25, 0.3) is 5.56 Å². The largest absolute Gasteiger partial charge is 0.393 e. The molecule has 1 fully saturated rings. The van der Waals surface area contributed by atoms with E-state index in [9.17, 15) is 19.8 Å². The van der Waals surface area contributed by atoms with E-state index in [2.05, 4.69) is 10.0 Å². The molecule has 0 amide bonds. The maximum Gasteiger partial charge on any atom is 0.330 e. The van der Waals surface area contributed by atoms with Crippen LogP contribution in [0.5, 0.6) is 0 Å². The molecule has 1 aliphatic heterocycles. The van der Waals surface area contributed by atoms with Crippen LogP contribution in [0.3, 0.4) is 0 Å². The Bertz CT molecular complexity index is 632. The molecule has 0 bridgehead atoms. The Balaban J connectivity index is 2.37. The van der Waals surface area contributed by atoms with Gasteiger partial charge in [0.15, 0.2) is 5.72 Å². The predicted octanol–water partition coefficient (Wildman–Crippen LogP) is -1.18. The summed E-state index contributed by atoms with van der Waals surface area (Å²) in [4.78, 5) is 27.1. The molecule has 19 heavy (non-hydrogen) atoms. The van der Waals surface area contributed by atoms with E-state index in [0.29, 0.717) is 0 Å². The van der Waals surface area contributed by atoms with Crippen molar-refractivity contribution in [1.29, 1.82) is 0 Å². The highest BCUT2D eigenvalue weighted by atomic mass is 16.6. The van der Waals surface area contributed by atoms with Crippen molar-refractivity contribution in [3.05, 3.63) is 43.5 Å². The number of hydrogen-bond donors (Lipinski definition) is 3. The first-order valence-electron chi connectivity index (χ1n) is 5.37. The first-order valence-corrected chi connectivity index (χ1v) is 5.37. The lowest BCUT2D eigenvalue weighted by atomic mass is 10.1. The molecule has 2 rings (SSSR count). The van der Waals surface area contributed by atoms with Gasteiger partial charge in [0.1, 0.15) is 6.23 Å². The zero-order valence-corrected chi connectivity index (χ0v) is 9.63. The molecule has 0 saturated carbocycles. The second-order valence-corrected chi connectivity index (χ2v) is 4.03. The minimum Gasteiger partial charge on any atom is -0.393 e. The Morgan fingerprint density at radius 3 is 3.00 bits per heavy atom. The summed E-state index contributed by atoms with van der Waals surface area (Å²) in [6, 6.07) is 1.11. The van der Waals surface area contributed by atoms with E-state index < -0.39 is 35.9 Å². The van der Waals surface area contributed by atoms with Gasteiger partial charge >= 0.3 is 5.69 Å². The summed E-state index contributed by atoms with van der Waals surface area (Å²) in [6.45, 7) is -0.729. The Kier molecular flexibility index (Phi) is 3.40. The fraction of sp³-hybridized carbons (Fsp3) is 0.556. The quantitative estimate of drug-likeness (QED) is 0.358. The lowest BCUT2D eigenvalue weighted by molar-refractivity contribution is -0.124. The number of aromatic amines is 1. The average Bonchev–Trinajstić information content (AvgIpc) is 2.67. The Labute approximate surface area is 105 Å². The third kappa shape index (κ3) is 2.25. The zero-order chi connectivity index (χ0) is 14.0. The Morgan fingerprint density at radius 2 is 2.42 bits per heavy atom. The summed E-state index contributed by atoms with van der Waals surface area (Å²) in [5, 5.41) is 22.3. The molecule has 1 aromatic heterocycles. The number of hydrogen-bond acceptors (Lipinski definition) is 6. The minimum atomic E-state index is -1.82. The van der Waals surface area contributed by atoms with E-state index in [0.717, 1.165) is 10.6 Å². The lowest BCUT2D eigenvalue weighted by Crippen LogP contribution is -2.41. The second kappa shape index (κ2) is 4.86. The molecule has 0 spiro atoms. The monoisotopic (exact) mass is 269 g/mol. The lowest BCUT2D eigenvalue weighted by Gasteiger charge is -2.24. The fourth-order valence-electron chi connectivity index (χ4n) is 1.90. The van der Waals surface area contributed by atoms with Gasteiger partial charge in [-0.05, 0) is 5.53 Å². The highest BCUT2D eigenvalue weighted by Crippen LogP contribution is 2.36. The van der Waals surface area contributed by atoms with Crippen LogP contribution in [0.4, 0.5) is 0 Å². The number of nitrogens with zero attached hydrogens (tertiary/aromatic N) is 4. The predicted molar refractivity (Wildman–Crippen MR) is 61.0 cm³/mol. The number of nitrogens with one attached hydrogen (secondary N) is 1. The molecular weight excluding hydrogens is 258 g/mol. The number of azide groups is 1. The van der Waals surface area contributed by atoms with Crippen molar-refractivity contribution in [1.82, 2.24) is 9.55 Å². The standard InChI is InChI=1S/C9H11N5O5/c10-13-12-9(4-15)5(16)3-7(19-9)14-2-1-6(17)11-8(14)18/h1-2,5,7,15-16H,3-4H2,(H,11,17,18)/t5-,7+,9+/m0/s1. The summed E-state index contributed by atoms with van der Waals surface area (Å²) >= 11 is 0. The molecule has 10 nitrogen and oxygen atoms in total. The van der Waals surface area contributed by atoms with E-state index >= 15 is 0 Å². The van der Waals surface area contributed by atoms with Crippen LogP contribution in [-0.4, -0.2) is 38.2 Å².